The maximum Gasteiger partial charge on any atom is 0.357 e. The van der Waals surface area contributed by atoms with E-state index < -0.39 is 22.8 Å². The summed E-state index contributed by atoms with van der Waals surface area (Å²) in [7, 11) is 0. The minimum Gasteiger partial charge on any atom is -0.363 e. The maximum absolute atomic E-state index is 13.7. The van der Waals surface area contributed by atoms with Crippen LogP contribution in [0.15, 0.2) is 77.6 Å². The highest BCUT2D eigenvalue weighted by Gasteiger charge is 2.33. The van der Waals surface area contributed by atoms with Crippen LogP contribution in [0.2, 0.25) is 0 Å². The van der Waals surface area contributed by atoms with Crippen LogP contribution < -0.4 is 10.5 Å². The van der Waals surface area contributed by atoms with Crippen LogP contribution in [0.25, 0.3) is 10.9 Å². The van der Waals surface area contributed by atoms with E-state index in [0.717, 1.165) is 15.7 Å². The Morgan fingerprint density at radius 1 is 0.842 bits per heavy atom. The number of aromatic nitrogens is 1. The summed E-state index contributed by atoms with van der Waals surface area (Å²) in [6.45, 7) is 0.585. The molecule has 4 aromatic rings. The predicted octanol–water partition coefficient (Wildman–Crippen LogP) is 5.07. The Labute approximate surface area is 216 Å². The third-order valence-electron chi connectivity index (χ3n) is 6.98. The molecule has 7 nitrogen and oxygen atoms in total. The van der Waals surface area contributed by atoms with Gasteiger partial charge in [-0.25, -0.2) is 13.2 Å². The quantitative estimate of drug-likeness (QED) is 0.250. The summed E-state index contributed by atoms with van der Waals surface area (Å²) in [4.78, 5) is 28.5. The number of para-hydroxylation sites is 1. The van der Waals surface area contributed by atoms with Gasteiger partial charge < -0.3 is 4.90 Å². The molecule has 0 amide bonds. The largest absolute Gasteiger partial charge is 0.363 e. The fourth-order valence-electron chi connectivity index (χ4n) is 5.27. The van der Waals surface area contributed by atoms with Crippen LogP contribution in [0.4, 0.5) is 24.5 Å². The Bertz CT molecular complexity index is 1470. The number of aryl methyl sites for hydroxylation is 1. The molecule has 0 aliphatic carbocycles. The smallest absolute Gasteiger partial charge is 0.357 e. The van der Waals surface area contributed by atoms with Crippen molar-refractivity contribution in [2.24, 2.45) is 0 Å². The van der Waals surface area contributed by atoms with E-state index in [4.69, 9.17) is 0 Å². The SMILES string of the molecule is O=c1c([N+](=O)[O-])c(N2CCN(C(c3ccc(F)cc3)c3ccc(F)cc3)CC2)c2ccccc2n1CCF. The van der Waals surface area contributed by atoms with E-state index in [1.807, 2.05) is 4.90 Å². The third kappa shape index (κ3) is 4.74. The zero-order chi connectivity index (χ0) is 26.8. The van der Waals surface area contributed by atoms with Crippen molar-refractivity contribution < 1.29 is 18.1 Å². The molecule has 1 aliphatic rings. The van der Waals surface area contributed by atoms with E-state index in [2.05, 4.69) is 4.90 Å². The molecule has 5 rings (SSSR count). The molecular formula is C28H25F3N4O3. The van der Waals surface area contributed by atoms with Gasteiger partial charge in [0.25, 0.3) is 0 Å². The van der Waals surface area contributed by atoms with Crippen molar-refractivity contribution in [2.45, 2.75) is 12.6 Å². The summed E-state index contributed by atoms with van der Waals surface area (Å²) in [6.07, 6.45) is 0. The molecule has 0 N–H and O–H groups in total. The van der Waals surface area contributed by atoms with Crippen molar-refractivity contribution in [3.05, 3.63) is 116 Å². The molecule has 1 aliphatic heterocycles. The zero-order valence-corrected chi connectivity index (χ0v) is 20.4. The average Bonchev–Trinajstić information content (AvgIpc) is 2.92. The van der Waals surface area contributed by atoms with Gasteiger partial charge in [0.15, 0.2) is 0 Å². The number of alkyl halides is 1. The summed E-state index contributed by atoms with van der Waals surface area (Å²) in [5, 5.41) is 12.6. The van der Waals surface area contributed by atoms with Gasteiger partial charge in [0.1, 0.15) is 24.0 Å². The van der Waals surface area contributed by atoms with Crippen molar-refractivity contribution in [3.8, 4) is 0 Å². The number of pyridine rings is 1. The molecule has 0 bridgehead atoms. The Morgan fingerprint density at radius 3 is 1.92 bits per heavy atom. The Balaban J connectivity index is 1.52. The first-order valence-corrected chi connectivity index (χ1v) is 12.2. The van der Waals surface area contributed by atoms with E-state index in [-0.39, 0.29) is 29.9 Å². The number of hydrogen-bond donors (Lipinski definition) is 0. The number of halogens is 3. The third-order valence-corrected chi connectivity index (χ3v) is 6.98. The Hall–Kier alpha value is -4.18. The first-order valence-electron chi connectivity index (χ1n) is 12.2. The second-order valence-corrected chi connectivity index (χ2v) is 9.15. The van der Waals surface area contributed by atoms with Crippen LogP contribution in [0.1, 0.15) is 17.2 Å². The van der Waals surface area contributed by atoms with Crippen LogP contribution in [0, 0.1) is 21.7 Å². The highest BCUT2D eigenvalue weighted by Crippen LogP contribution is 2.36. The van der Waals surface area contributed by atoms with Crippen LogP contribution in [-0.2, 0) is 6.54 Å². The lowest BCUT2D eigenvalue weighted by Crippen LogP contribution is -2.48. The van der Waals surface area contributed by atoms with Crippen molar-refractivity contribution >= 4 is 22.3 Å². The normalized spacial score (nSPS) is 14.4. The number of rotatable bonds is 7. The maximum atomic E-state index is 13.7. The molecule has 1 saturated heterocycles. The van der Waals surface area contributed by atoms with Gasteiger partial charge in [-0.05, 0) is 41.5 Å². The number of anilines is 1. The summed E-state index contributed by atoms with van der Waals surface area (Å²) >= 11 is 0. The van der Waals surface area contributed by atoms with Gasteiger partial charge >= 0.3 is 11.2 Å². The van der Waals surface area contributed by atoms with Gasteiger partial charge in [-0.2, -0.15) is 0 Å². The van der Waals surface area contributed by atoms with Crippen molar-refractivity contribution in [1.82, 2.24) is 9.47 Å². The Kier molecular flexibility index (Phi) is 7.15. The first kappa shape index (κ1) is 25.5. The van der Waals surface area contributed by atoms with Crippen molar-refractivity contribution in [2.75, 3.05) is 37.8 Å². The van der Waals surface area contributed by atoms with Crippen LogP contribution in [0.3, 0.4) is 0 Å². The number of nitro groups is 1. The van der Waals surface area contributed by atoms with Gasteiger partial charge in [0.05, 0.1) is 23.0 Å². The molecule has 0 atom stereocenters. The van der Waals surface area contributed by atoms with E-state index in [9.17, 15) is 28.1 Å². The molecule has 0 spiro atoms. The lowest BCUT2D eigenvalue weighted by Gasteiger charge is -2.40. The van der Waals surface area contributed by atoms with Crippen molar-refractivity contribution in [1.29, 1.82) is 0 Å². The second-order valence-electron chi connectivity index (χ2n) is 9.15. The average molecular weight is 523 g/mol. The highest BCUT2D eigenvalue weighted by atomic mass is 19.1. The molecule has 3 aromatic carbocycles. The lowest BCUT2D eigenvalue weighted by atomic mass is 9.96. The van der Waals surface area contributed by atoms with Crippen LogP contribution >= 0.6 is 0 Å². The fourth-order valence-corrected chi connectivity index (χ4v) is 5.27. The zero-order valence-electron chi connectivity index (χ0n) is 20.4. The minimum atomic E-state index is -0.834. The van der Waals surface area contributed by atoms with Crippen molar-refractivity contribution in [3.63, 3.8) is 0 Å². The van der Waals surface area contributed by atoms with Gasteiger partial charge in [-0.15, -0.1) is 0 Å². The monoisotopic (exact) mass is 522 g/mol. The summed E-state index contributed by atoms with van der Waals surface area (Å²) in [5.41, 5.74) is 0.922. The summed E-state index contributed by atoms with van der Waals surface area (Å²) in [5.74, 6) is -0.726. The molecule has 0 saturated carbocycles. The number of nitrogens with zero attached hydrogens (tertiary/aromatic N) is 4. The topological polar surface area (TPSA) is 71.6 Å². The number of fused-ring (bicyclic) bond motifs is 1. The predicted molar refractivity (Wildman–Crippen MR) is 139 cm³/mol. The number of piperazine rings is 1. The molecule has 196 valence electrons. The number of hydrogen-bond acceptors (Lipinski definition) is 5. The van der Waals surface area contributed by atoms with E-state index in [0.29, 0.717) is 37.1 Å². The van der Waals surface area contributed by atoms with Gasteiger partial charge in [0.2, 0.25) is 0 Å². The standard InChI is InChI=1S/C28H25F3N4O3/c29-13-14-34-24-4-2-1-3-23(24)26(27(28(34)36)35(37)38)33-17-15-32(16-18-33)25(19-5-9-21(30)10-6-19)20-7-11-22(31)12-8-20/h1-12,25H,13-18H2. The molecule has 1 aromatic heterocycles. The number of benzene rings is 3. The van der Waals surface area contributed by atoms with Crippen LogP contribution in [-0.4, -0.2) is 47.2 Å². The van der Waals surface area contributed by atoms with Gasteiger partial charge in [-0.1, -0.05) is 42.5 Å². The van der Waals surface area contributed by atoms with E-state index >= 15 is 0 Å². The second kappa shape index (κ2) is 10.7. The first-order chi connectivity index (χ1) is 18.4. The Morgan fingerprint density at radius 2 is 1.39 bits per heavy atom. The van der Waals surface area contributed by atoms with E-state index in [1.165, 1.54) is 24.3 Å². The molecule has 1 fully saturated rings. The molecule has 38 heavy (non-hydrogen) atoms. The van der Waals surface area contributed by atoms with E-state index in [1.54, 1.807) is 48.5 Å². The lowest BCUT2D eigenvalue weighted by molar-refractivity contribution is -0.385. The summed E-state index contributed by atoms with van der Waals surface area (Å²) in [6, 6.07) is 18.8. The van der Waals surface area contributed by atoms with Gasteiger partial charge in [0, 0.05) is 31.6 Å². The fraction of sp³-hybridized carbons (Fsp3) is 0.250. The molecular weight excluding hydrogens is 497 g/mol. The minimum absolute atomic E-state index is 0.227. The van der Waals surface area contributed by atoms with Crippen LogP contribution in [0.5, 0.6) is 0 Å². The van der Waals surface area contributed by atoms with Gasteiger partial charge in [-0.3, -0.25) is 24.4 Å². The molecule has 2 heterocycles. The summed E-state index contributed by atoms with van der Waals surface area (Å²) < 4.78 is 41.7. The highest BCUT2D eigenvalue weighted by molar-refractivity contribution is 5.96. The molecule has 0 radical (unpaired) electrons. The molecule has 10 heteroatoms. The molecule has 0 unspecified atom stereocenters.